The smallest absolute Gasteiger partial charge is 0.325 e. The van der Waals surface area contributed by atoms with Crippen molar-refractivity contribution in [2.24, 2.45) is 0 Å². The Morgan fingerprint density at radius 3 is 2.61 bits per heavy atom. The molecule has 0 aliphatic carbocycles. The molecule has 122 valence electrons. The number of hydrogen-bond donors (Lipinski definition) is 3. The van der Waals surface area contributed by atoms with Crippen molar-refractivity contribution >= 4 is 17.8 Å². The highest BCUT2D eigenvalue weighted by Crippen LogP contribution is 2.12. The quantitative estimate of drug-likeness (QED) is 0.677. The summed E-state index contributed by atoms with van der Waals surface area (Å²) in [4.78, 5) is 23.0. The van der Waals surface area contributed by atoms with Crippen LogP contribution < -0.4 is 10.6 Å². The highest BCUT2D eigenvalue weighted by molar-refractivity contribution is 5.88. The number of amides is 1. The Kier molecular flexibility index (Phi) is 5.23. The molecule has 1 aromatic carbocycles. The summed E-state index contributed by atoms with van der Waals surface area (Å²) in [5, 5.41) is 25.6. The van der Waals surface area contributed by atoms with Gasteiger partial charge in [0.15, 0.2) is 0 Å². The molecule has 23 heavy (non-hydrogen) atoms. The van der Waals surface area contributed by atoms with Crippen LogP contribution in [-0.4, -0.2) is 49.3 Å². The number of carbonyl (C=O) groups excluding carboxylic acids is 1. The van der Waals surface area contributed by atoms with E-state index in [1.165, 1.54) is 11.6 Å². The van der Waals surface area contributed by atoms with Gasteiger partial charge >= 0.3 is 5.97 Å². The van der Waals surface area contributed by atoms with Crippen LogP contribution in [0.2, 0.25) is 0 Å². The molecule has 9 heteroatoms. The van der Waals surface area contributed by atoms with Crippen LogP contribution in [0.25, 0.3) is 5.69 Å². The number of tetrazole rings is 1. The van der Waals surface area contributed by atoms with E-state index in [9.17, 15) is 9.59 Å². The molecular weight excluding hydrogens is 300 g/mol. The summed E-state index contributed by atoms with van der Waals surface area (Å²) in [7, 11) is 0. The number of nitrogens with zero attached hydrogens (tertiary/aromatic N) is 4. The molecule has 2 rings (SSSR count). The van der Waals surface area contributed by atoms with Crippen molar-refractivity contribution in [1.82, 2.24) is 25.5 Å². The molecule has 9 nitrogen and oxygen atoms in total. The molecule has 0 spiro atoms. The number of carboxylic acids is 1. The number of aromatic nitrogens is 4. The van der Waals surface area contributed by atoms with Crippen molar-refractivity contribution < 1.29 is 14.7 Å². The van der Waals surface area contributed by atoms with Crippen LogP contribution in [0.4, 0.5) is 5.95 Å². The molecule has 0 radical (unpaired) electrons. The average molecular weight is 318 g/mol. The summed E-state index contributed by atoms with van der Waals surface area (Å²) in [6, 6.07) is 7.60. The van der Waals surface area contributed by atoms with Gasteiger partial charge in [-0.1, -0.05) is 30.2 Å². The average Bonchev–Trinajstić information content (AvgIpc) is 3.01. The first-order valence-electron chi connectivity index (χ1n) is 7.16. The number of nitrogens with one attached hydrogen (secondary N) is 2. The monoisotopic (exact) mass is 318 g/mol. The molecule has 3 N–H and O–H groups in total. The number of carboxylic acid groups (broad SMARTS) is 1. The maximum absolute atomic E-state index is 12.1. The number of hydrogen-bond acceptors (Lipinski definition) is 6. The first kappa shape index (κ1) is 16.4. The minimum Gasteiger partial charge on any atom is -0.480 e. The van der Waals surface area contributed by atoms with Crippen molar-refractivity contribution in [1.29, 1.82) is 0 Å². The Labute approximate surface area is 132 Å². The molecule has 0 fully saturated rings. The third-order valence-electron chi connectivity index (χ3n) is 3.23. The second-order valence-corrected chi connectivity index (χ2v) is 4.92. The summed E-state index contributed by atoms with van der Waals surface area (Å²) in [5.74, 6) is -1.21. The first-order valence-corrected chi connectivity index (χ1v) is 7.16. The van der Waals surface area contributed by atoms with E-state index in [1.807, 2.05) is 30.3 Å². The number of carbonyl (C=O) groups is 2. The van der Waals surface area contributed by atoms with Crippen LogP contribution in [0.3, 0.4) is 0 Å². The molecule has 0 saturated heterocycles. The van der Waals surface area contributed by atoms with Crippen molar-refractivity contribution in [3.8, 4) is 5.69 Å². The first-order chi connectivity index (χ1) is 11.0. The van der Waals surface area contributed by atoms with Crippen molar-refractivity contribution in [3.05, 3.63) is 30.3 Å². The van der Waals surface area contributed by atoms with Gasteiger partial charge in [-0.3, -0.25) is 9.59 Å². The minimum atomic E-state index is -1.10. The zero-order valence-corrected chi connectivity index (χ0v) is 12.8. The summed E-state index contributed by atoms with van der Waals surface area (Å²) in [5.41, 5.74) is 0.745. The van der Waals surface area contributed by atoms with E-state index in [4.69, 9.17) is 5.11 Å². The largest absolute Gasteiger partial charge is 0.480 e. The predicted molar refractivity (Wildman–Crippen MR) is 82.1 cm³/mol. The molecule has 0 aliphatic rings. The molecule has 0 saturated carbocycles. The predicted octanol–water partition coefficient (Wildman–Crippen LogP) is 0.442. The lowest BCUT2D eigenvalue weighted by molar-refractivity contribution is -0.141. The minimum absolute atomic E-state index is 0.307. The molecule has 0 aliphatic heterocycles. The highest BCUT2D eigenvalue weighted by Gasteiger charge is 2.23. The third kappa shape index (κ3) is 4.02. The van der Waals surface area contributed by atoms with Crippen LogP contribution >= 0.6 is 0 Å². The van der Waals surface area contributed by atoms with E-state index < -0.39 is 24.0 Å². The Balaban J connectivity index is 2.13. The topological polar surface area (TPSA) is 122 Å². The van der Waals surface area contributed by atoms with Gasteiger partial charge < -0.3 is 15.7 Å². The van der Waals surface area contributed by atoms with E-state index in [2.05, 4.69) is 26.2 Å². The maximum atomic E-state index is 12.1. The van der Waals surface area contributed by atoms with Gasteiger partial charge in [0.1, 0.15) is 12.1 Å². The van der Waals surface area contributed by atoms with Gasteiger partial charge in [-0.2, -0.15) is 4.68 Å². The van der Waals surface area contributed by atoms with Crippen molar-refractivity contribution in [3.63, 3.8) is 0 Å². The Hall–Kier alpha value is -2.97. The van der Waals surface area contributed by atoms with Crippen molar-refractivity contribution in [2.75, 3.05) is 5.32 Å². The lowest BCUT2D eigenvalue weighted by Gasteiger charge is -2.18. The van der Waals surface area contributed by atoms with Crippen LogP contribution in [0, 0.1) is 0 Å². The van der Waals surface area contributed by atoms with Crippen LogP contribution in [-0.2, 0) is 9.59 Å². The number of benzene rings is 1. The fraction of sp³-hybridized carbons (Fsp3) is 0.357. The molecule has 2 atom stereocenters. The van der Waals surface area contributed by atoms with Crippen molar-refractivity contribution in [2.45, 2.75) is 32.4 Å². The van der Waals surface area contributed by atoms with Crippen LogP contribution in [0.15, 0.2) is 30.3 Å². The van der Waals surface area contributed by atoms with Gasteiger partial charge in [0, 0.05) is 0 Å². The molecule has 1 heterocycles. The van der Waals surface area contributed by atoms with Gasteiger partial charge in [0.2, 0.25) is 11.9 Å². The molecule has 1 aromatic heterocycles. The normalized spacial score (nSPS) is 13.1. The zero-order valence-electron chi connectivity index (χ0n) is 12.8. The Morgan fingerprint density at radius 1 is 1.30 bits per heavy atom. The zero-order chi connectivity index (χ0) is 16.8. The van der Waals surface area contributed by atoms with E-state index >= 15 is 0 Å². The van der Waals surface area contributed by atoms with Crippen LogP contribution in [0.5, 0.6) is 0 Å². The van der Waals surface area contributed by atoms with Gasteiger partial charge in [-0.05, 0) is 35.9 Å². The van der Waals surface area contributed by atoms with Gasteiger partial charge in [0.25, 0.3) is 0 Å². The fourth-order valence-electron chi connectivity index (χ4n) is 1.90. The fourth-order valence-corrected chi connectivity index (χ4v) is 1.90. The number of aliphatic carboxylic acids is 1. The SMILES string of the molecule is CCC(Nc1nnnn1-c1ccccc1)C(=O)NC(C)C(=O)O. The molecule has 2 unspecified atom stereocenters. The van der Waals surface area contributed by atoms with Crippen LogP contribution in [0.1, 0.15) is 20.3 Å². The second-order valence-electron chi connectivity index (χ2n) is 4.92. The standard InChI is InChI=1S/C14H18N6O3/c1-3-11(12(21)15-9(2)13(22)23)16-14-17-18-19-20(14)10-7-5-4-6-8-10/h4-9,11H,3H2,1-2H3,(H,15,21)(H,22,23)(H,16,17,19). The number of rotatable bonds is 7. The van der Waals surface area contributed by atoms with Gasteiger partial charge in [0.05, 0.1) is 5.69 Å². The lowest BCUT2D eigenvalue weighted by Crippen LogP contribution is -2.46. The Morgan fingerprint density at radius 2 is 2.00 bits per heavy atom. The highest BCUT2D eigenvalue weighted by atomic mass is 16.4. The van der Waals surface area contributed by atoms with E-state index in [1.54, 1.807) is 6.92 Å². The molecular formula is C14H18N6O3. The van der Waals surface area contributed by atoms with Gasteiger partial charge in [-0.15, -0.1) is 0 Å². The molecule has 2 aromatic rings. The summed E-state index contributed by atoms with van der Waals surface area (Å²) >= 11 is 0. The molecule has 0 bridgehead atoms. The summed E-state index contributed by atoms with van der Waals surface area (Å²) in [6.07, 6.45) is 0.444. The number of anilines is 1. The van der Waals surface area contributed by atoms with Gasteiger partial charge in [-0.25, -0.2) is 0 Å². The lowest BCUT2D eigenvalue weighted by atomic mass is 10.2. The molecule has 1 amide bonds. The summed E-state index contributed by atoms with van der Waals surface area (Å²) < 4.78 is 1.47. The second kappa shape index (κ2) is 7.34. The Bertz CT molecular complexity index is 672. The maximum Gasteiger partial charge on any atom is 0.325 e. The summed E-state index contributed by atoms with van der Waals surface area (Å²) in [6.45, 7) is 3.21. The van der Waals surface area contributed by atoms with E-state index in [0.29, 0.717) is 12.4 Å². The van der Waals surface area contributed by atoms with E-state index in [0.717, 1.165) is 5.69 Å². The van der Waals surface area contributed by atoms with E-state index in [-0.39, 0.29) is 0 Å². The third-order valence-corrected chi connectivity index (χ3v) is 3.23. The number of para-hydroxylation sites is 1.